The van der Waals surface area contributed by atoms with E-state index < -0.39 is 0 Å². The van der Waals surface area contributed by atoms with Crippen molar-refractivity contribution in [2.75, 3.05) is 39.4 Å². The molecule has 1 N–H and O–H groups in total. The fourth-order valence-corrected chi connectivity index (χ4v) is 5.35. The predicted molar refractivity (Wildman–Crippen MR) is 113 cm³/mol. The average Bonchev–Trinajstić information content (AvgIpc) is 3.33. The topological polar surface area (TPSA) is 50.8 Å². The standard InChI is InChI=1S/C21H24N2O3S.ClH/c24-21(23-7-5-15-12-22-13-16(15)6-8-23)20-4-3-19(27-20)14-1-2-17-18(11-14)26-10-9-25-17;/h1-4,11,15-16,22H,5-10,12-13H2;1H/t15-,16+;. The van der Waals surface area contributed by atoms with Gasteiger partial charge >= 0.3 is 0 Å². The molecule has 5 nitrogen and oxygen atoms in total. The molecule has 3 aliphatic rings. The minimum Gasteiger partial charge on any atom is -0.486 e. The molecule has 1 aromatic carbocycles. The van der Waals surface area contributed by atoms with Crippen LogP contribution in [0.1, 0.15) is 22.5 Å². The van der Waals surface area contributed by atoms with Crippen molar-refractivity contribution in [1.29, 1.82) is 0 Å². The molecular formula is C21H25ClN2O3S. The molecule has 4 heterocycles. The average molecular weight is 421 g/mol. The van der Waals surface area contributed by atoms with Crippen LogP contribution in [-0.4, -0.2) is 50.2 Å². The zero-order valence-corrected chi connectivity index (χ0v) is 17.3. The van der Waals surface area contributed by atoms with Gasteiger partial charge < -0.3 is 19.7 Å². The molecule has 3 aliphatic heterocycles. The second kappa shape index (κ2) is 8.31. The molecule has 2 fully saturated rings. The van der Waals surface area contributed by atoms with Crippen LogP contribution < -0.4 is 14.8 Å². The highest BCUT2D eigenvalue weighted by Gasteiger charge is 2.32. The summed E-state index contributed by atoms with van der Waals surface area (Å²) in [6.07, 6.45) is 2.23. The zero-order valence-electron chi connectivity index (χ0n) is 15.7. The van der Waals surface area contributed by atoms with Crippen LogP contribution in [0.4, 0.5) is 0 Å². The van der Waals surface area contributed by atoms with Gasteiger partial charge in [0.15, 0.2) is 11.5 Å². The maximum Gasteiger partial charge on any atom is 0.263 e. The fourth-order valence-electron chi connectivity index (χ4n) is 4.38. The van der Waals surface area contributed by atoms with E-state index in [-0.39, 0.29) is 18.3 Å². The van der Waals surface area contributed by atoms with Gasteiger partial charge in [-0.05, 0) is 73.7 Å². The third-order valence-corrected chi connectivity index (χ3v) is 7.07. The molecule has 5 rings (SSSR count). The van der Waals surface area contributed by atoms with Gasteiger partial charge in [0.1, 0.15) is 13.2 Å². The summed E-state index contributed by atoms with van der Waals surface area (Å²) in [5.41, 5.74) is 1.07. The Morgan fingerprint density at radius 1 is 1.00 bits per heavy atom. The fraction of sp³-hybridized carbons (Fsp3) is 0.476. The monoisotopic (exact) mass is 420 g/mol. The summed E-state index contributed by atoms with van der Waals surface area (Å²) in [6, 6.07) is 10.0. The van der Waals surface area contributed by atoms with Gasteiger partial charge in [0.05, 0.1) is 4.88 Å². The number of hydrogen-bond acceptors (Lipinski definition) is 5. The van der Waals surface area contributed by atoms with Crippen molar-refractivity contribution in [2.24, 2.45) is 11.8 Å². The molecule has 0 spiro atoms. The first-order valence-corrected chi connectivity index (χ1v) is 10.6. The molecule has 150 valence electrons. The first-order chi connectivity index (χ1) is 13.3. The van der Waals surface area contributed by atoms with Gasteiger partial charge in [-0.15, -0.1) is 23.7 Å². The Hall–Kier alpha value is -1.76. The molecule has 0 saturated carbocycles. The Morgan fingerprint density at radius 2 is 1.71 bits per heavy atom. The number of halogens is 1. The van der Waals surface area contributed by atoms with E-state index in [2.05, 4.69) is 10.2 Å². The summed E-state index contributed by atoms with van der Waals surface area (Å²) in [4.78, 5) is 17.0. The minimum absolute atomic E-state index is 0. The van der Waals surface area contributed by atoms with Crippen LogP contribution >= 0.6 is 23.7 Å². The van der Waals surface area contributed by atoms with Crippen molar-refractivity contribution in [2.45, 2.75) is 12.8 Å². The Morgan fingerprint density at radius 3 is 2.46 bits per heavy atom. The van der Waals surface area contributed by atoms with E-state index in [1.54, 1.807) is 11.3 Å². The molecule has 0 aliphatic carbocycles. The van der Waals surface area contributed by atoms with E-state index in [0.717, 1.165) is 77.7 Å². The van der Waals surface area contributed by atoms with Crippen molar-refractivity contribution in [1.82, 2.24) is 10.2 Å². The minimum atomic E-state index is 0. The quantitative estimate of drug-likeness (QED) is 0.805. The van der Waals surface area contributed by atoms with E-state index in [9.17, 15) is 4.79 Å². The molecule has 0 unspecified atom stereocenters. The zero-order chi connectivity index (χ0) is 18.2. The molecule has 0 bridgehead atoms. The molecule has 2 aromatic rings. The number of rotatable bonds is 2. The summed E-state index contributed by atoms with van der Waals surface area (Å²) >= 11 is 1.57. The lowest BCUT2D eigenvalue weighted by molar-refractivity contribution is 0.0763. The van der Waals surface area contributed by atoms with E-state index in [4.69, 9.17) is 9.47 Å². The van der Waals surface area contributed by atoms with Crippen LogP contribution in [0.2, 0.25) is 0 Å². The van der Waals surface area contributed by atoms with Crippen LogP contribution in [0.15, 0.2) is 30.3 Å². The number of fused-ring (bicyclic) bond motifs is 2. The summed E-state index contributed by atoms with van der Waals surface area (Å²) < 4.78 is 11.3. The second-order valence-corrected chi connectivity index (χ2v) is 8.65. The highest BCUT2D eigenvalue weighted by atomic mass is 35.5. The molecule has 28 heavy (non-hydrogen) atoms. The van der Waals surface area contributed by atoms with Crippen LogP contribution in [0, 0.1) is 11.8 Å². The largest absolute Gasteiger partial charge is 0.486 e. The molecule has 2 atom stereocenters. The number of amides is 1. The van der Waals surface area contributed by atoms with Gasteiger partial charge in [-0.25, -0.2) is 0 Å². The van der Waals surface area contributed by atoms with E-state index >= 15 is 0 Å². The summed E-state index contributed by atoms with van der Waals surface area (Å²) in [7, 11) is 0. The van der Waals surface area contributed by atoms with Crippen molar-refractivity contribution < 1.29 is 14.3 Å². The predicted octanol–water partition coefficient (Wildman–Crippen LogP) is 3.68. The van der Waals surface area contributed by atoms with Crippen LogP contribution in [0.25, 0.3) is 10.4 Å². The van der Waals surface area contributed by atoms with E-state index in [1.807, 2.05) is 30.3 Å². The lowest BCUT2D eigenvalue weighted by Crippen LogP contribution is -2.32. The number of carbonyl (C=O) groups is 1. The smallest absolute Gasteiger partial charge is 0.263 e. The van der Waals surface area contributed by atoms with Gasteiger partial charge in [-0.3, -0.25) is 4.79 Å². The Kier molecular flexibility index (Phi) is 5.80. The van der Waals surface area contributed by atoms with Crippen molar-refractivity contribution in [3.05, 3.63) is 35.2 Å². The van der Waals surface area contributed by atoms with E-state index in [1.165, 1.54) is 0 Å². The Bertz CT molecular complexity index is 842. The van der Waals surface area contributed by atoms with Crippen molar-refractivity contribution in [3.8, 4) is 21.9 Å². The number of hydrogen-bond donors (Lipinski definition) is 1. The molecule has 1 aromatic heterocycles. The number of benzene rings is 1. The molecule has 7 heteroatoms. The number of likely N-dealkylation sites (tertiary alicyclic amines) is 1. The molecule has 0 radical (unpaired) electrons. The molecule has 2 saturated heterocycles. The third-order valence-electron chi connectivity index (χ3n) is 5.95. The first-order valence-electron chi connectivity index (χ1n) is 9.78. The number of carbonyl (C=O) groups excluding carboxylic acids is 1. The van der Waals surface area contributed by atoms with Gasteiger partial charge in [-0.1, -0.05) is 0 Å². The SMILES string of the molecule is Cl.O=C(c1ccc(-c2ccc3c(c2)OCCO3)s1)N1CC[C@@H]2CNC[C@@H]2CC1. The molecule has 1 amide bonds. The number of nitrogens with one attached hydrogen (secondary N) is 1. The normalized spacial score (nSPS) is 23.5. The number of thiophene rings is 1. The van der Waals surface area contributed by atoms with E-state index in [0.29, 0.717) is 13.2 Å². The summed E-state index contributed by atoms with van der Waals surface area (Å²) in [6.45, 7) is 5.15. The molecular weight excluding hydrogens is 396 g/mol. The lowest BCUT2D eigenvalue weighted by Gasteiger charge is -2.20. The lowest BCUT2D eigenvalue weighted by atomic mass is 9.92. The summed E-state index contributed by atoms with van der Waals surface area (Å²) in [5, 5.41) is 3.49. The highest BCUT2D eigenvalue weighted by Crippen LogP contribution is 2.37. The van der Waals surface area contributed by atoms with Crippen LogP contribution in [0.5, 0.6) is 11.5 Å². The highest BCUT2D eigenvalue weighted by molar-refractivity contribution is 7.17. The van der Waals surface area contributed by atoms with Gasteiger partial charge in [0.2, 0.25) is 0 Å². The maximum absolute atomic E-state index is 13.0. The van der Waals surface area contributed by atoms with Crippen molar-refractivity contribution in [3.63, 3.8) is 0 Å². The third kappa shape index (κ3) is 3.73. The first kappa shape index (κ1) is 19.6. The van der Waals surface area contributed by atoms with Crippen molar-refractivity contribution >= 4 is 29.7 Å². The number of nitrogens with zero attached hydrogens (tertiary/aromatic N) is 1. The van der Waals surface area contributed by atoms with Crippen LogP contribution in [-0.2, 0) is 0 Å². The van der Waals surface area contributed by atoms with Crippen LogP contribution in [0.3, 0.4) is 0 Å². The Balaban J connectivity index is 0.00000192. The Labute approximate surface area is 175 Å². The van der Waals surface area contributed by atoms with Gasteiger partial charge in [0.25, 0.3) is 5.91 Å². The second-order valence-electron chi connectivity index (χ2n) is 7.57. The number of ether oxygens (including phenoxy) is 2. The van der Waals surface area contributed by atoms with Gasteiger partial charge in [0, 0.05) is 18.0 Å². The summed E-state index contributed by atoms with van der Waals surface area (Å²) in [5.74, 6) is 3.23. The van der Waals surface area contributed by atoms with Gasteiger partial charge in [-0.2, -0.15) is 0 Å². The maximum atomic E-state index is 13.0.